The molecule has 0 fully saturated rings. The van der Waals surface area contributed by atoms with Gasteiger partial charge in [-0.25, -0.2) is 4.79 Å². The maximum Gasteiger partial charge on any atom is 0.326 e. The largest absolute Gasteiger partial charge is 0.480 e. The number of amides is 3. The number of aliphatic carboxylic acids is 1. The van der Waals surface area contributed by atoms with Gasteiger partial charge >= 0.3 is 5.97 Å². The van der Waals surface area contributed by atoms with Crippen molar-refractivity contribution < 1.29 is 24.3 Å². The van der Waals surface area contributed by atoms with E-state index in [1.165, 1.54) is 0 Å². The first-order valence-electron chi connectivity index (χ1n) is 12.9. The first-order chi connectivity index (χ1) is 17.6. The summed E-state index contributed by atoms with van der Waals surface area (Å²) in [6.45, 7) is 4.31. The Bertz CT molecular complexity index is 851. The average molecular weight is 521 g/mol. The van der Waals surface area contributed by atoms with Crippen molar-refractivity contribution in [2.24, 2.45) is 23.1 Å². The molecule has 0 radical (unpaired) electrons. The molecule has 0 aromatic heterocycles. The first-order valence-corrected chi connectivity index (χ1v) is 12.9. The molecule has 10 N–H and O–H groups in total. The topological polar surface area (TPSA) is 203 Å². The van der Waals surface area contributed by atoms with E-state index in [0.29, 0.717) is 45.2 Å². The Labute approximate surface area is 219 Å². The number of hydrogen-bond acceptors (Lipinski definition) is 7. The normalized spacial score (nSPS) is 14.3. The van der Waals surface area contributed by atoms with Gasteiger partial charge in [-0.2, -0.15) is 0 Å². The molecule has 0 saturated carbocycles. The van der Waals surface area contributed by atoms with Crippen molar-refractivity contribution in [1.82, 2.24) is 16.0 Å². The summed E-state index contributed by atoms with van der Waals surface area (Å²) in [5, 5.41) is 17.5. The van der Waals surface area contributed by atoms with Gasteiger partial charge in [0.1, 0.15) is 18.1 Å². The van der Waals surface area contributed by atoms with Crippen LogP contribution in [-0.2, 0) is 25.6 Å². The molecule has 1 aromatic carbocycles. The Morgan fingerprint density at radius 3 is 1.86 bits per heavy atom. The number of benzene rings is 1. The van der Waals surface area contributed by atoms with Gasteiger partial charge in [0.05, 0.1) is 6.04 Å². The summed E-state index contributed by atoms with van der Waals surface area (Å²) in [6.07, 6.45) is 3.57. The minimum atomic E-state index is -1.16. The molecule has 4 atom stereocenters. The molecule has 11 nitrogen and oxygen atoms in total. The van der Waals surface area contributed by atoms with Crippen molar-refractivity contribution >= 4 is 23.7 Å². The zero-order valence-corrected chi connectivity index (χ0v) is 21.9. The zero-order valence-electron chi connectivity index (χ0n) is 21.9. The average Bonchev–Trinajstić information content (AvgIpc) is 2.86. The minimum Gasteiger partial charge on any atom is -0.480 e. The van der Waals surface area contributed by atoms with Crippen molar-refractivity contribution in [2.75, 3.05) is 13.1 Å². The molecule has 208 valence electrons. The summed E-state index contributed by atoms with van der Waals surface area (Å²) in [5.41, 5.74) is 17.9. The van der Waals surface area contributed by atoms with Gasteiger partial charge < -0.3 is 38.3 Å². The van der Waals surface area contributed by atoms with Crippen molar-refractivity contribution in [3.8, 4) is 0 Å². The van der Waals surface area contributed by atoms with E-state index in [1.807, 2.05) is 30.3 Å². The number of carbonyl (C=O) groups excluding carboxylic acids is 3. The van der Waals surface area contributed by atoms with Crippen molar-refractivity contribution in [2.45, 2.75) is 83.0 Å². The van der Waals surface area contributed by atoms with Gasteiger partial charge in [0.2, 0.25) is 17.7 Å². The molecule has 0 aliphatic rings. The van der Waals surface area contributed by atoms with Crippen LogP contribution in [0.2, 0.25) is 0 Å². The third kappa shape index (κ3) is 12.2. The molecular weight excluding hydrogens is 476 g/mol. The highest BCUT2D eigenvalue weighted by Crippen LogP contribution is 2.09. The molecule has 0 heterocycles. The lowest BCUT2D eigenvalue weighted by molar-refractivity contribution is -0.143. The second kappa shape index (κ2) is 17.4. The maximum absolute atomic E-state index is 13.3. The number of carboxylic acids is 1. The minimum absolute atomic E-state index is 0.144. The Morgan fingerprint density at radius 1 is 0.784 bits per heavy atom. The fourth-order valence-electron chi connectivity index (χ4n) is 3.78. The van der Waals surface area contributed by atoms with Crippen LogP contribution in [0.5, 0.6) is 0 Å². The van der Waals surface area contributed by atoms with E-state index >= 15 is 0 Å². The molecule has 3 amide bonds. The predicted octanol–water partition coefficient (Wildman–Crippen LogP) is 0.00940. The van der Waals surface area contributed by atoms with Crippen LogP contribution >= 0.6 is 0 Å². The number of nitrogens with two attached hydrogens (primary N) is 3. The molecule has 0 bridgehead atoms. The Kier molecular flexibility index (Phi) is 15.1. The van der Waals surface area contributed by atoms with Crippen LogP contribution in [0.3, 0.4) is 0 Å². The lowest BCUT2D eigenvalue weighted by atomic mass is 10.0. The Morgan fingerprint density at radius 2 is 1.32 bits per heavy atom. The molecular formula is C26H44N6O5. The quantitative estimate of drug-likeness (QED) is 0.131. The van der Waals surface area contributed by atoms with E-state index in [9.17, 15) is 24.3 Å². The fourth-order valence-corrected chi connectivity index (χ4v) is 3.78. The summed E-state index contributed by atoms with van der Waals surface area (Å²) in [4.78, 5) is 50.8. The highest BCUT2D eigenvalue weighted by molar-refractivity contribution is 5.94. The smallest absolute Gasteiger partial charge is 0.326 e. The molecule has 37 heavy (non-hydrogen) atoms. The molecule has 1 rings (SSSR count). The lowest BCUT2D eigenvalue weighted by Crippen LogP contribution is -2.58. The molecule has 4 unspecified atom stereocenters. The summed E-state index contributed by atoms with van der Waals surface area (Å²) in [6, 6.07) is 5.18. The Hall–Kier alpha value is -3.02. The van der Waals surface area contributed by atoms with E-state index in [1.54, 1.807) is 13.8 Å². The van der Waals surface area contributed by atoms with Crippen molar-refractivity contribution in [3.63, 3.8) is 0 Å². The second-order valence-electron chi connectivity index (χ2n) is 9.56. The maximum atomic E-state index is 13.3. The molecule has 0 spiro atoms. The second-order valence-corrected chi connectivity index (χ2v) is 9.56. The van der Waals surface area contributed by atoms with Crippen LogP contribution < -0.4 is 33.2 Å². The third-order valence-corrected chi connectivity index (χ3v) is 6.03. The number of carboxylic acid groups (broad SMARTS) is 1. The summed E-state index contributed by atoms with van der Waals surface area (Å²) in [5.74, 6) is -3.15. The van der Waals surface area contributed by atoms with Gasteiger partial charge in [0.15, 0.2) is 0 Å². The standard InChI is InChI=1S/C26H44N6O5/c1-17(2)22(26(36)37)32-25(35)21(16-18-10-4-3-5-11-18)31-24(34)20(13-7-9-15-28)30-23(33)19(29)12-6-8-14-27/h3-5,10-11,17,19-22H,6-9,12-16,27-29H2,1-2H3,(H,30,33)(H,31,34)(H,32,35)(H,36,37). The molecule has 0 aliphatic carbocycles. The van der Waals surface area contributed by atoms with Crippen LogP contribution in [0.1, 0.15) is 57.9 Å². The number of hydrogen-bond donors (Lipinski definition) is 7. The number of unbranched alkanes of at least 4 members (excludes halogenated alkanes) is 2. The highest BCUT2D eigenvalue weighted by atomic mass is 16.4. The van der Waals surface area contributed by atoms with Gasteiger partial charge in [0.25, 0.3) is 0 Å². The van der Waals surface area contributed by atoms with E-state index in [0.717, 1.165) is 12.0 Å². The number of nitrogens with one attached hydrogen (secondary N) is 3. The van der Waals surface area contributed by atoms with E-state index in [2.05, 4.69) is 16.0 Å². The van der Waals surface area contributed by atoms with Crippen molar-refractivity contribution in [3.05, 3.63) is 35.9 Å². The first kappa shape index (κ1) is 32.0. The SMILES string of the molecule is CC(C)C(NC(=O)C(Cc1ccccc1)NC(=O)C(CCCCN)NC(=O)C(N)CCCCN)C(=O)O. The van der Waals surface area contributed by atoms with Crippen LogP contribution in [0.4, 0.5) is 0 Å². The monoisotopic (exact) mass is 520 g/mol. The highest BCUT2D eigenvalue weighted by Gasteiger charge is 2.31. The lowest BCUT2D eigenvalue weighted by Gasteiger charge is -2.26. The van der Waals surface area contributed by atoms with Crippen molar-refractivity contribution in [1.29, 1.82) is 0 Å². The molecule has 1 aromatic rings. The van der Waals surface area contributed by atoms with Crippen LogP contribution in [0.15, 0.2) is 30.3 Å². The molecule has 11 heteroatoms. The van der Waals surface area contributed by atoms with Gasteiger partial charge in [0, 0.05) is 6.42 Å². The zero-order chi connectivity index (χ0) is 27.8. The fraction of sp³-hybridized carbons (Fsp3) is 0.615. The van der Waals surface area contributed by atoms with Crippen LogP contribution in [-0.4, -0.2) is 66.1 Å². The van der Waals surface area contributed by atoms with Crippen LogP contribution in [0, 0.1) is 5.92 Å². The summed E-state index contributed by atoms with van der Waals surface area (Å²) in [7, 11) is 0. The summed E-state index contributed by atoms with van der Waals surface area (Å²) < 4.78 is 0. The van der Waals surface area contributed by atoms with Gasteiger partial charge in [-0.05, 0) is 56.7 Å². The van der Waals surface area contributed by atoms with E-state index in [-0.39, 0.29) is 12.3 Å². The summed E-state index contributed by atoms with van der Waals surface area (Å²) >= 11 is 0. The third-order valence-electron chi connectivity index (χ3n) is 6.03. The predicted molar refractivity (Wildman–Crippen MR) is 142 cm³/mol. The molecule has 0 saturated heterocycles. The Balaban J connectivity index is 3.06. The number of carbonyl (C=O) groups is 4. The van der Waals surface area contributed by atoms with Gasteiger partial charge in [-0.3, -0.25) is 14.4 Å². The molecule has 0 aliphatic heterocycles. The number of rotatable bonds is 18. The van der Waals surface area contributed by atoms with Gasteiger partial charge in [-0.15, -0.1) is 0 Å². The van der Waals surface area contributed by atoms with E-state index in [4.69, 9.17) is 17.2 Å². The van der Waals surface area contributed by atoms with E-state index < -0.39 is 47.9 Å². The van der Waals surface area contributed by atoms with Gasteiger partial charge in [-0.1, -0.05) is 50.6 Å². The van der Waals surface area contributed by atoms with Crippen LogP contribution in [0.25, 0.3) is 0 Å².